The molecule has 0 amide bonds. The van der Waals surface area contributed by atoms with Crippen LogP contribution in [0, 0.1) is 18.3 Å². The molecule has 0 bridgehead atoms. The average Bonchev–Trinajstić information content (AvgIpc) is 2.48. The summed E-state index contributed by atoms with van der Waals surface area (Å²) in [5.74, 6) is 1.28. The van der Waals surface area contributed by atoms with Gasteiger partial charge in [0.15, 0.2) is 0 Å². The Labute approximate surface area is 125 Å². The number of aromatic nitrogens is 1. The second kappa shape index (κ2) is 9.75. The maximum atomic E-state index is 9.23. The van der Waals surface area contributed by atoms with Crippen molar-refractivity contribution in [1.29, 1.82) is 5.26 Å². The van der Waals surface area contributed by atoms with Crippen LogP contribution < -0.4 is 10.6 Å². The fourth-order valence-corrected chi connectivity index (χ4v) is 1.73. The van der Waals surface area contributed by atoms with Gasteiger partial charge < -0.3 is 20.1 Å². The number of nitrogens with one attached hydrogen (secondary N) is 2. The third kappa shape index (κ3) is 5.81. The second-order valence-corrected chi connectivity index (χ2v) is 4.43. The van der Waals surface area contributed by atoms with Crippen LogP contribution in [0.1, 0.15) is 17.5 Å². The summed E-state index contributed by atoms with van der Waals surface area (Å²) in [6.07, 6.45) is 4.47. The van der Waals surface area contributed by atoms with E-state index in [4.69, 9.17) is 9.47 Å². The van der Waals surface area contributed by atoms with Crippen molar-refractivity contribution in [3.05, 3.63) is 29.5 Å². The van der Waals surface area contributed by atoms with Crippen LogP contribution in [-0.4, -0.2) is 39.0 Å². The molecule has 0 saturated heterocycles. The highest BCUT2D eigenvalue weighted by Gasteiger charge is 2.09. The third-order valence-corrected chi connectivity index (χ3v) is 2.76. The highest BCUT2D eigenvalue weighted by molar-refractivity contribution is 5.61. The summed E-state index contributed by atoms with van der Waals surface area (Å²) in [5.41, 5.74) is 1.45. The van der Waals surface area contributed by atoms with E-state index in [2.05, 4.69) is 21.7 Å². The van der Waals surface area contributed by atoms with Gasteiger partial charge in [-0.05, 0) is 31.1 Å². The van der Waals surface area contributed by atoms with Crippen LogP contribution in [0.3, 0.4) is 0 Å². The van der Waals surface area contributed by atoms with Crippen LogP contribution in [0.4, 0.5) is 11.6 Å². The highest BCUT2D eigenvalue weighted by Crippen LogP contribution is 2.20. The van der Waals surface area contributed by atoms with Gasteiger partial charge in [0.1, 0.15) is 17.7 Å². The number of anilines is 2. The van der Waals surface area contributed by atoms with Crippen molar-refractivity contribution in [2.24, 2.45) is 0 Å². The predicted molar refractivity (Wildman–Crippen MR) is 83.3 cm³/mol. The van der Waals surface area contributed by atoms with Crippen LogP contribution in [0.15, 0.2) is 18.3 Å². The van der Waals surface area contributed by atoms with Crippen molar-refractivity contribution in [2.75, 3.05) is 44.6 Å². The molecule has 0 aliphatic carbocycles. The first-order chi connectivity index (χ1) is 10.2. The minimum absolute atomic E-state index is 0.532. The molecule has 0 atom stereocenters. The average molecular weight is 290 g/mol. The molecule has 0 aromatic carbocycles. The van der Waals surface area contributed by atoms with Crippen molar-refractivity contribution < 1.29 is 9.47 Å². The number of hydrogen-bond acceptors (Lipinski definition) is 6. The quantitative estimate of drug-likeness (QED) is 0.679. The number of hydrogen-bond donors (Lipinski definition) is 2. The molecule has 114 valence electrons. The number of nitrogens with zero attached hydrogens (tertiary/aromatic N) is 2. The number of rotatable bonds is 9. The van der Waals surface area contributed by atoms with E-state index < -0.39 is 0 Å². The van der Waals surface area contributed by atoms with Crippen molar-refractivity contribution in [1.82, 2.24) is 4.98 Å². The van der Waals surface area contributed by atoms with E-state index in [0.717, 1.165) is 12.0 Å². The third-order valence-electron chi connectivity index (χ3n) is 2.76. The summed E-state index contributed by atoms with van der Waals surface area (Å²) in [6.45, 7) is 3.80. The molecule has 1 heterocycles. The maximum absolute atomic E-state index is 9.23. The van der Waals surface area contributed by atoms with Crippen LogP contribution >= 0.6 is 0 Å². The van der Waals surface area contributed by atoms with E-state index >= 15 is 0 Å². The summed E-state index contributed by atoms with van der Waals surface area (Å²) in [7, 11) is 3.30. The number of pyridine rings is 1. The molecular formula is C15H22N4O2. The summed E-state index contributed by atoms with van der Waals surface area (Å²) in [5, 5.41) is 15.5. The fourth-order valence-electron chi connectivity index (χ4n) is 1.73. The molecule has 0 aliphatic rings. The topological polar surface area (TPSA) is 79.2 Å². The van der Waals surface area contributed by atoms with Gasteiger partial charge in [-0.3, -0.25) is 0 Å². The molecular weight excluding hydrogens is 268 g/mol. The normalized spacial score (nSPS) is 10.6. The Bertz CT molecular complexity index is 509. The zero-order valence-corrected chi connectivity index (χ0v) is 12.8. The molecule has 1 aromatic rings. The zero-order chi connectivity index (χ0) is 15.5. The first-order valence-corrected chi connectivity index (χ1v) is 6.78. The fraction of sp³-hybridized carbons (Fsp3) is 0.467. The summed E-state index contributed by atoms with van der Waals surface area (Å²) >= 11 is 0. The van der Waals surface area contributed by atoms with Gasteiger partial charge in [0.05, 0.1) is 12.2 Å². The highest BCUT2D eigenvalue weighted by atomic mass is 16.5. The SMILES string of the molecule is COC/C=C/Nc1cc(C)c(C#N)c(NCCCOC)n1. The van der Waals surface area contributed by atoms with Gasteiger partial charge >= 0.3 is 0 Å². The monoisotopic (exact) mass is 290 g/mol. The summed E-state index contributed by atoms with van der Waals surface area (Å²) in [4.78, 5) is 4.42. The molecule has 21 heavy (non-hydrogen) atoms. The van der Waals surface area contributed by atoms with Crippen LogP contribution in [0.25, 0.3) is 0 Å². The lowest BCUT2D eigenvalue weighted by Crippen LogP contribution is -2.09. The van der Waals surface area contributed by atoms with Crippen molar-refractivity contribution in [3.63, 3.8) is 0 Å². The van der Waals surface area contributed by atoms with Crippen LogP contribution in [0.2, 0.25) is 0 Å². The largest absolute Gasteiger partial charge is 0.385 e. The molecule has 1 rings (SSSR count). The minimum atomic E-state index is 0.532. The molecule has 0 radical (unpaired) electrons. The Morgan fingerprint density at radius 2 is 2.19 bits per heavy atom. The van der Waals surface area contributed by atoms with E-state index in [9.17, 15) is 5.26 Å². The van der Waals surface area contributed by atoms with Gasteiger partial charge in [-0.25, -0.2) is 4.98 Å². The minimum Gasteiger partial charge on any atom is -0.385 e. The van der Waals surface area contributed by atoms with Crippen molar-refractivity contribution in [3.8, 4) is 6.07 Å². The lowest BCUT2D eigenvalue weighted by molar-refractivity contribution is 0.198. The Morgan fingerprint density at radius 1 is 1.38 bits per heavy atom. The van der Waals surface area contributed by atoms with E-state index in [-0.39, 0.29) is 0 Å². The van der Waals surface area contributed by atoms with Gasteiger partial charge in [-0.2, -0.15) is 5.26 Å². The molecule has 6 heteroatoms. The smallest absolute Gasteiger partial charge is 0.146 e. The van der Waals surface area contributed by atoms with E-state index in [1.54, 1.807) is 20.4 Å². The summed E-state index contributed by atoms with van der Waals surface area (Å²) in [6, 6.07) is 4.03. The first-order valence-electron chi connectivity index (χ1n) is 6.78. The number of aryl methyl sites for hydroxylation is 1. The van der Waals surface area contributed by atoms with Gasteiger partial charge in [0, 0.05) is 33.6 Å². The lowest BCUT2D eigenvalue weighted by Gasteiger charge is -2.11. The number of nitriles is 1. The second-order valence-electron chi connectivity index (χ2n) is 4.43. The Morgan fingerprint density at radius 3 is 2.86 bits per heavy atom. The molecule has 0 spiro atoms. The maximum Gasteiger partial charge on any atom is 0.146 e. The molecule has 0 fully saturated rings. The van der Waals surface area contributed by atoms with Crippen molar-refractivity contribution in [2.45, 2.75) is 13.3 Å². The van der Waals surface area contributed by atoms with Gasteiger partial charge in [0.2, 0.25) is 0 Å². The predicted octanol–water partition coefficient (Wildman–Crippen LogP) is 2.28. The zero-order valence-electron chi connectivity index (χ0n) is 12.8. The number of ether oxygens (including phenoxy) is 2. The molecule has 1 aromatic heterocycles. The van der Waals surface area contributed by atoms with E-state index in [1.165, 1.54) is 0 Å². The van der Waals surface area contributed by atoms with Crippen molar-refractivity contribution >= 4 is 11.6 Å². The lowest BCUT2D eigenvalue weighted by atomic mass is 10.1. The summed E-state index contributed by atoms with van der Waals surface area (Å²) < 4.78 is 9.93. The molecule has 0 unspecified atom stereocenters. The molecule has 2 N–H and O–H groups in total. The van der Waals surface area contributed by atoms with E-state index in [1.807, 2.05) is 19.1 Å². The van der Waals surface area contributed by atoms with Gasteiger partial charge in [0.25, 0.3) is 0 Å². The Kier molecular flexibility index (Phi) is 7.87. The Hall–Kier alpha value is -2.10. The van der Waals surface area contributed by atoms with Crippen LogP contribution in [-0.2, 0) is 9.47 Å². The number of methoxy groups -OCH3 is 2. The van der Waals surface area contributed by atoms with Gasteiger partial charge in [-0.15, -0.1) is 0 Å². The first kappa shape index (κ1) is 17.0. The molecule has 6 nitrogen and oxygen atoms in total. The Balaban J connectivity index is 2.78. The van der Waals surface area contributed by atoms with Crippen LogP contribution in [0.5, 0.6) is 0 Å². The van der Waals surface area contributed by atoms with Gasteiger partial charge in [-0.1, -0.05) is 0 Å². The standard InChI is InChI=1S/C15H22N4O2/c1-12-10-14(17-6-4-8-20-2)19-15(13(12)11-16)18-7-5-9-21-3/h4,6,10H,5,7-9H2,1-3H3,(H2,17,18,19)/b6-4+. The molecule has 0 aliphatic heterocycles. The molecule has 0 saturated carbocycles. The van der Waals surface area contributed by atoms with E-state index in [0.29, 0.717) is 37.0 Å².